The molecule has 0 aromatic heterocycles. The summed E-state index contributed by atoms with van der Waals surface area (Å²) in [7, 11) is 2.14. The Balaban J connectivity index is 2.00. The van der Waals surface area contributed by atoms with Crippen molar-refractivity contribution < 1.29 is 0 Å². The molecule has 5 heteroatoms. The fourth-order valence-electron chi connectivity index (χ4n) is 2.86. The standard InChI is InChI=1S/C15H21N5/c1-20-9-3-2-4-11-10-12(5-6-13(11)20)15(17)18-8-7-14(16)19-15/h5-8,10,18H,2-4,9,17H2,1H3,(H2,16,19). The van der Waals surface area contributed by atoms with Gasteiger partial charge in [0.15, 0.2) is 0 Å². The molecule has 0 spiro atoms. The summed E-state index contributed by atoms with van der Waals surface area (Å²) in [6.07, 6.45) is 6.97. The summed E-state index contributed by atoms with van der Waals surface area (Å²) in [6.45, 7) is 1.10. The minimum atomic E-state index is -0.960. The molecule has 0 amide bonds. The molecule has 2 heterocycles. The molecule has 20 heavy (non-hydrogen) atoms. The Bertz CT molecular complexity index is 578. The second-order valence-corrected chi connectivity index (χ2v) is 5.50. The summed E-state index contributed by atoms with van der Waals surface area (Å²) in [6, 6.07) is 6.32. The molecule has 0 radical (unpaired) electrons. The van der Waals surface area contributed by atoms with Gasteiger partial charge in [0.05, 0.1) is 0 Å². The van der Waals surface area contributed by atoms with Gasteiger partial charge in [-0.1, -0.05) is 6.07 Å². The van der Waals surface area contributed by atoms with Crippen LogP contribution in [0.25, 0.3) is 0 Å². The maximum atomic E-state index is 6.33. The van der Waals surface area contributed by atoms with E-state index in [-0.39, 0.29) is 0 Å². The maximum Gasteiger partial charge on any atom is 0.211 e. The molecule has 5 N–H and O–H groups in total. The van der Waals surface area contributed by atoms with Crippen molar-refractivity contribution in [3.63, 3.8) is 0 Å². The second-order valence-electron chi connectivity index (χ2n) is 5.50. The number of aliphatic imine (C=N–C) groups is 1. The molecule has 0 fully saturated rings. The van der Waals surface area contributed by atoms with E-state index in [1.807, 2.05) is 6.07 Å². The van der Waals surface area contributed by atoms with Gasteiger partial charge in [0.25, 0.3) is 0 Å². The lowest BCUT2D eigenvalue weighted by atomic mass is 10.00. The molecule has 3 rings (SSSR count). The predicted molar refractivity (Wildman–Crippen MR) is 82.4 cm³/mol. The molecular formula is C15H21N5. The molecule has 2 aliphatic heterocycles. The van der Waals surface area contributed by atoms with Crippen LogP contribution in [-0.4, -0.2) is 19.4 Å². The van der Waals surface area contributed by atoms with Crippen molar-refractivity contribution in [2.45, 2.75) is 25.0 Å². The number of fused-ring (bicyclic) bond motifs is 1. The van der Waals surface area contributed by atoms with Crippen LogP contribution >= 0.6 is 0 Å². The molecule has 106 valence electrons. The van der Waals surface area contributed by atoms with E-state index in [9.17, 15) is 0 Å². The summed E-state index contributed by atoms with van der Waals surface area (Å²) < 4.78 is 0. The van der Waals surface area contributed by atoms with Gasteiger partial charge in [0.2, 0.25) is 5.79 Å². The van der Waals surface area contributed by atoms with E-state index in [1.165, 1.54) is 24.1 Å². The number of nitrogens with one attached hydrogen (secondary N) is 1. The van der Waals surface area contributed by atoms with Crippen LogP contribution in [0.3, 0.4) is 0 Å². The van der Waals surface area contributed by atoms with Crippen LogP contribution in [-0.2, 0) is 12.2 Å². The third-order valence-corrected chi connectivity index (χ3v) is 3.98. The van der Waals surface area contributed by atoms with Gasteiger partial charge >= 0.3 is 0 Å². The average Bonchev–Trinajstić information content (AvgIpc) is 2.60. The van der Waals surface area contributed by atoms with Crippen molar-refractivity contribution in [1.82, 2.24) is 5.32 Å². The van der Waals surface area contributed by atoms with Crippen molar-refractivity contribution in [3.05, 3.63) is 41.6 Å². The zero-order chi connectivity index (χ0) is 14.2. The Kier molecular flexibility index (Phi) is 3.14. The topological polar surface area (TPSA) is 79.7 Å². The average molecular weight is 271 g/mol. The first kappa shape index (κ1) is 13.0. The first-order valence-electron chi connectivity index (χ1n) is 7.01. The van der Waals surface area contributed by atoms with E-state index in [0.29, 0.717) is 5.84 Å². The summed E-state index contributed by atoms with van der Waals surface area (Å²) in [5.41, 5.74) is 15.7. The Morgan fingerprint density at radius 3 is 3.00 bits per heavy atom. The van der Waals surface area contributed by atoms with Crippen LogP contribution < -0.4 is 21.7 Å². The molecule has 0 saturated heterocycles. The lowest BCUT2D eigenvalue weighted by Gasteiger charge is -2.30. The van der Waals surface area contributed by atoms with Gasteiger partial charge in [-0.3, -0.25) is 5.73 Å². The number of rotatable bonds is 1. The molecule has 5 nitrogen and oxygen atoms in total. The van der Waals surface area contributed by atoms with Gasteiger partial charge in [-0.25, -0.2) is 4.99 Å². The first-order valence-corrected chi connectivity index (χ1v) is 7.01. The van der Waals surface area contributed by atoms with Crippen molar-refractivity contribution in [2.75, 3.05) is 18.5 Å². The third kappa shape index (κ3) is 2.25. The Labute approximate surface area is 119 Å². The van der Waals surface area contributed by atoms with Crippen molar-refractivity contribution in [3.8, 4) is 0 Å². The molecule has 0 saturated carbocycles. The molecule has 2 aliphatic rings. The van der Waals surface area contributed by atoms with Crippen LogP contribution in [0.4, 0.5) is 5.69 Å². The quantitative estimate of drug-likeness (QED) is 0.712. The number of nitrogens with zero attached hydrogens (tertiary/aromatic N) is 2. The normalized spacial score (nSPS) is 25.5. The minimum absolute atomic E-state index is 0.443. The van der Waals surface area contributed by atoms with Crippen molar-refractivity contribution >= 4 is 11.5 Å². The van der Waals surface area contributed by atoms with E-state index in [2.05, 4.69) is 34.4 Å². The van der Waals surface area contributed by atoms with Crippen LogP contribution in [0.5, 0.6) is 0 Å². The molecular weight excluding hydrogens is 250 g/mol. The highest BCUT2D eigenvalue weighted by Crippen LogP contribution is 2.29. The van der Waals surface area contributed by atoms with E-state index >= 15 is 0 Å². The number of hydrogen-bond acceptors (Lipinski definition) is 5. The third-order valence-electron chi connectivity index (χ3n) is 3.98. The van der Waals surface area contributed by atoms with Gasteiger partial charge in [0, 0.05) is 31.0 Å². The lowest BCUT2D eigenvalue weighted by molar-refractivity contribution is 0.409. The summed E-state index contributed by atoms with van der Waals surface area (Å²) in [5, 5.41) is 3.09. The van der Waals surface area contributed by atoms with E-state index < -0.39 is 5.79 Å². The van der Waals surface area contributed by atoms with E-state index in [0.717, 1.165) is 18.5 Å². The molecule has 1 unspecified atom stereocenters. The van der Waals surface area contributed by atoms with Crippen LogP contribution in [0, 0.1) is 0 Å². The minimum Gasteiger partial charge on any atom is -0.384 e. The largest absolute Gasteiger partial charge is 0.384 e. The first-order chi connectivity index (χ1) is 9.58. The zero-order valence-corrected chi connectivity index (χ0v) is 11.8. The van der Waals surface area contributed by atoms with Crippen LogP contribution in [0.15, 0.2) is 35.5 Å². The fourth-order valence-corrected chi connectivity index (χ4v) is 2.86. The van der Waals surface area contributed by atoms with Gasteiger partial charge in [-0.15, -0.1) is 0 Å². The van der Waals surface area contributed by atoms with Gasteiger partial charge in [-0.2, -0.15) is 0 Å². The van der Waals surface area contributed by atoms with Gasteiger partial charge < -0.3 is 16.0 Å². The van der Waals surface area contributed by atoms with Crippen LogP contribution in [0.1, 0.15) is 24.0 Å². The van der Waals surface area contributed by atoms with Gasteiger partial charge in [-0.05, 0) is 43.0 Å². The molecule has 1 aromatic carbocycles. The molecule has 1 atom stereocenters. The number of amidine groups is 1. The lowest BCUT2D eigenvalue weighted by Crippen LogP contribution is -2.49. The number of nitrogens with two attached hydrogens (primary N) is 2. The van der Waals surface area contributed by atoms with E-state index in [4.69, 9.17) is 11.5 Å². The molecule has 0 aliphatic carbocycles. The second kappa shape index (κ2) is 4.83. The maximum absolute atomic E-state index is 6.33. The highest BCUT2D eigenvalue weighted by atomic mass is 15.3. The van der Waals surface area contributed by atoms with E-state index in [1.54, 1.807) is 12.3 Å². The highest BCUT2D eigenvalue weighted by Gasteiger charge is 2.28. The van der Waals surface area contributed by atoms with Crippen molar-refractivity contribution in [1.29, 1.82) is 0 Å². The SMILES string of the molecule is CN1CCCCc2cc(C3(N)N=C(N)C=CN3)ccc21. The Hall–Kier alpha value is -2.01. The number of hydrogen-bond donors (Lipinski definition) is 3. The summed E-state index contributed by atoms with van der Waals surface area (Å²) in [5.74, 6) is -0.517. The number of aryl methyl sites for hydroxylation is 1. The summed E-state index contributed by atoms with van der Waals surface area (Å²) in [4.78, 5) is 6.64. The van der Waals surface area contributed by atoms with Gasteiger partial charge in [0.1, 0.15) is 5.84 Å². The molecule has 1 aromatic rings. The Morgan fingerprint density at radius 2 is 2.20 bits per heavy atom. The molecule has 0 bridgehead atoms. The predicted octanol–water partition coefficient (Wildman–Crippen LogP) is 1.00. The fraction of sp³-hybridized carbons (Fsp3) is 0.400. The smallest absolute Gasteiger partial charge is 0.211 e. The number of benzene rings is 1. The Morgan fingerprint density at radius 1 is 1.35 bits per heavy atom. The highest BCUT2D eigenvalue weighted by molar-refractivity contribution is 5.92. The zero-order valence-electron chi connectivity index (χ0n) is 11.8. The monoisotopic (exact) mass is 271 g/mol. The van der Waals surface area contributed by atoms with Crippen LogP contribution in [0.2, 0.25) is 0 Å². The van der Waals surface area contributed by atoms with Crippen molar-refractivity contribution in [2.24, 2.45) is 16.5 Å². The number of anilines is 1. The summed E-state index contributed by atoms with van der Waals surface area (Å²) >= 11 is 0.